The molecule has 8 heteroatoms. The van der Waals surface area contributed by atoms with E-state index in [1.54, 1.807) is 61.7 Å². The van der Waals surface area contributed by atoms with Gasteiger partial charge in [0.05, 0.1) is 36.1 Å². The summed E-state index contributed by atoms with van der Waals surface area (Å²) in [5.74, 6) is 0.756. The highest BCUT2D eigenvalue weighted by atomic mass is 35.5. The van der Waals surface area contributed by atoms with Gasteiger partial charge in [-0.25, -0.2) is 10.2 Å². The molecule has 0 spiro atoms. The van der Waals surface area contributed by atoms with Gasteiger partial charge in [0.25, 0.3) is 5.91 Å². The Morgan fingerprint density at radius 2 is 1.80 bits per heavy atom. The number of carbonyl (C=O) groups excluding carboxylic acids is 2. The van der Waals surface area contributed by atoms with Crippen LogP contribution >= 0.6 is 11.6 Å². The SMILES string of the molecule is COc1ccc(/C=N\NC(=O)c2ccccc2Cl)cc1COc1ccc(C(=O)OCC(C)C)cc1. The summed E-state index contributed by atoms with van der Waals surface area (Å²) in [4.78, 5) is 24.3. The molecule has 35 heavy (non-hydrogen) atoms. The van der Waals surface area contributed by atoms with Crippen molar-refractivity contribution in [3.8, 4) is 11.5 Å². The van der Waals surface area contributed by atoms with Gasteiger partial charge in [0.15, 0.2) is 0 Å². The van der Waals surface area contributed by atoms with Crippen LogP contribution in [0.4, 0.5) is 0 Å². The molecule has 0 saturated carbocycles. The summed E-state index contributed by atoms with van der Waals surface area (Å²) in [5.41, 5.74) is 4.81. The van der Waals surface area contributed by atoms with Crippen LogP contribution in [-0.4, -0.2) is 31.8 Å². The fourth-order valence-corrected chi connectivity index (χ4v) is 3.26. The van der Waals surface area contributed by atoms with Crippen LogP contribution in [0.15, 0.2) is 71.8 Å². The van der Waals surface area contributed by atoms with E-state index in [1.807, 2.05) is 26.0 Å². The molecule has 3 aromatic carbocycles. The van der Waals surface area contributed by atoms with Crippen molar-refractivity contribution in [2.75, 3.05) is 13.7 Å². The highest BCUT2D eigenvalue weighted by Crippen LogP contribution is 2.22. The fraction of sp³-hybridized carbons (Fsp3) is 0.222. The Labute approximate surface area is 209 Å². The number of amides is 1. The Morgan fingerprint density at radius 1 is 1.06 bits per heavy atom. The zero-order valence-electron chi connectivity index (χ0n) is 19.8. The topological polar surface area (TPSA) is 86.2 Å². The lowest BCUT2D eigenvalue weighted by molar-refractivity contribution is 0.0459. The summed E-state index contributed by atoms with van der Waals surface area (Å²) in [6.07, 6.45) is 1.52. The van der Waals surface area contributed by atoms with Gasteiger partial charge in [0.1, 0.15) is 18.1 Å². The predicted octanol–water partition coefficient (Wildman–Crippen LogP) is 5.50. The Hall–Kier alpha value is -3.84. The van der Waals surface area contributed by atoms with Crippen molar-refractivity contribution in [1.82, 2.24) is 5.43 Å². The van der Waals surface area contributed by atoms with Crippen LogP contribution in [0.2, 0.25) is 5.02 Å². The summed E-state index contributed by atoms with van der Waals surface area (Å²) in [5, 5.41) is 4.37. The standard InChI is InChI=1S/C27H27ClN2O5/c1-18(2)16-35-27(32)20-9-11-22(12-10-20)34-17-21-14-19(8-13-25(21)33-3)15-29-30-26(31)23-6-4-5-7-24(23)28/h4-15,18H,16-17H2,1-3H3,(H,30,31)/b29-15-. The third kappa shape index (κ3) is 7.58. The van der Waals surface area contributed by atoms with Crippen molar-refractivity contribution in [2.24, 2.45) is 11.0 Å². The van der Waals surface area contributed by atoms with Gasteiger partial charge in [-0.1, -0.05) is 37.6 Å². The largest absolute Gasteiger partial charge is 0.496 e. The second-order valence-corrected chi connectivity index (χ2v) is 8.46. The van der Waals surface area contributed by atoms with Crippen LogP contribution in [0.5, 0.6) is 11.5 Å². The number of methoxy groups -OCH3 is 1. The first-order chi connectivity index (χ1) is 16.9. The Bertz CT molecular complexity index is 1190. The number of carbonyl (C=O) groups is 2. The first kappa shape index (κ1) is 25.8. The van der Waals surface area contributed by atoms with E-state index in [0.29, 0.717) is 34.3 Å². The number of rotatable bonds is 10. The molecule has 0 aliphatic heterocycles. The van der Waals surface area contributed by atoms with Crippen LogP contribution in [0.25, 0.3) is 0 Å². The number of esters is 1. The molecule has 0 heterocycles. The predicted molar refractivity (Wildman–Crippen MR) is 135 cm³/mol. The molecule has 3 rings (SSSR count). The third-order valence-electron chi connectivity index (χ3n) is 4.83. The van der Waals surface area contributed by atoms with E-state index in [0.717, 1.165) is 11.1 Å². The molecule has 1 amide bonds. The number of halogens is 1. The maximum absolute atomic E-state index is 12.2. The number of nitrogens with one attached hydrogen (secondary N) is 1. The molecular weight excluding hydrogens is 468 g/mol. The molecule has 7 nitrogen and oxygen atoms in total. The van der Waals surface area contributed by atoms with Gasteiger partial charge in [-0.3, -0.25) is 4.79 Å². The lowest BCUT2D eigenvalue weighted by atomic mass is 10.1. The summed E-state index contributed by atoms with van der Waals surface area (Å²) in [6, 6.07) is 19.0. The van der Waals surface area contributed by atoms with Gasteiger partial charge in [0.2, 0.25) is 0 Å². The van der Waals surface area contributed by atoms with Gasteiger partial charge >= 0.3 is 5.97 Å². The van der Waals surface area contributed by atoms with Crippen LogP contribution in [0, 0.1) is 5.92 Å². The van der Waals surface area contributed by atoms with Crippen LogP contribution in [-0.2, 0) is 11.3 Å². The number of hydrogen-bond donors (Lipinski definition) is 1. The molecule has 0 fully saturated rings. The first-order valence-corrected chi connectivity index (χ1v) is 11.4. The number of nitrogens with zero attached hydrogens (tertiary/aromatic N) is 1. The van der Waals surface area contributed by atoms with Crippen molar-refractivity contribution in [3.05, 3.63) is 94.0 Å². The molecule has 1 N–H and O–H groups in total. The normalized spacial score (nSPS) is 10.9. The molecule has 0 aliphatic rings. The van der Waals surface area contributed by atoms with Gasteiger partial charge in [-0.05, 0) is 66.1 Å². The van der Waals surface area contributed by atoms with Gasteiger partial charge in [-0.15, -0.1) is 0 Å². The van der Waals surface area contributed by atoms with E-state index >= 15 is 0 Å². The van der Waals surface area contributed by atoms with Crippen LogP contribution in [0.3, 0.4) is 0 Å². The Kier molecular flexibility index (Phi) is 9.26. The molecule has 182 valence electrons. The number of hydrogen-bond acceptors (Lipinski definition) is 6. The van der Waals surface area contributed by atoms with Crippen molar-refractivity contribution in [1.29, 1.82) is 0 Å². The average Bonchev–Trinajstić information content (AvgIpc) is 2.86. The Morgan fingerprint density at radius 3 is 2.49 bits per heavy atom. The molecule has 0 radical (unpaired) electrons. The number of benzene rings is 3. The van der Waals surface area contributed by atoms with E-state index in [-0.39, 0.29) is 18.5 Å². The zero-order chi connectivity index (χ0) is 25.2. The zero-order valence-corrected chi connectivity index (χ0v) is 20.5. The van der Waals surface area contributed by atoms with Crippen molar-refractivity contribution in [3.63, 3.8) is 0 Å². The van der Waals surface area contributed by atoms with Crippen molar-refractivity contribution >= 4 is 29.7 Å². The second kappa shape index (κ2) is 12.6. The lowest BCUT2D eigenvalue weighted by Crippen LogP contribution is -2.17. The molecule has 0 bridgehead atoms. The maximum Gasteiger partial charge on any atom is 0.338 e. The molecule has 0 aliphatic carbocycles. The van der Waals surface area contributed by atoms with E-state index in [4.69, 9.17) is 25.8 Å². The molecule has 0 atom stereocenters. The molecule has 0 unspecified atom stereocenters. The summed E-state index contributed by atoms with van der Waals surface area (Å²) in [6.45, 7) is 4.57. The molecular formula is C27H27ClN2O5. The molecule has 0 saturated heterocycles. The molecule has 0 aromatic heterocycles. The van der Waals surface area contributed by atoms with Crippen molar-refractivity contribution < 1.29 is 23.8 Å². The second-order valence-electron chi connectivity index (χ2n) is 8.06. The lowest BCUT2D eigenvalue weighted by Gasteiger charge is -2.12. The fourth-order valence-electron chi connectivity index (χ4n) is 3.04. The van der Waals surface area contributed by atoms with Gasteiger partial charge < -0.3 is 14.2 Å². The summed E-state index contributed by atoms with van der Waals surface area (Å²) in [7, 11) is 1.58. The summed E-state index contributed by atoms with van der Waals surface area (Å²) >= 11 is 6.04. The third-order valence-corrected chi connectivity index (χ3v) is 5.16. The van der Waals surface area contributed by atoms with Gasteiger partial charge in [-0.2, -0.15) is 5.10 Å². The minimum absolute atomic E-state index is 0.230. The maximum atomic E-state index is 12.2. The first-order valence-electron chi connectivity index (χ1n) is 11.0. The van der Waals surface area contributed by atoms with Crippen LogP contribution < -0.4 is 14.9 Å². The smallest absolute Gasteiger partial charge is 0.338 e. The summed E-state index contributed by atoms with van der Waals surface area (Å²) < 4.78 is 16.5. The van der Waals surface area contributed by atoms with E-state index < -0.39 is 5.91 Å². The number of hydrazone groups is 1. The Balaban J connectivity index is 1.61. The molecule has 3 aromatic rings. The van der Waals surface area contributed by atoms with E-state index in [2.05, 4.69) is 10.5 Å². The number of ether oxygens (including phenoxy) is 3. The minimum atomic E-state index is -0.402. The quantitative estimate of drug-likeness (QED) is 0.228. The van der Waals surface area contributed by atoms with Gasteiger partial charge in [0, 0.05) is 5.56 Å². The van der Waals surface area contributed by atoms with Crippen molar-refractivity contribution in [2.45, 2.75) is 20.5 Å². The van der Waals surface area contributed by atoms with E-state index in [1.165, 1.54) is 6.21 Å². The van der Waals surface area contributed by atoms with E-state index in [9.17, 15) is 9.59 Å². The average molecular weight is 495 g/mol. The monoisotopic (exact) mass is 494 g/mol. The minimum Gasteiger partial charge on any atom is -0.496 e. The van der Waals surface area contributed by atoms with Crippen LogP contribution in [0.1, 0.15) is 45.7 Å². The highest BCUT2D eigenvalue weighted by Gasteiger charge is 2.10. The highest BCUT2D eigenvalue weighted by molar-refractivity contribution is 6.33.